The summed E-state index contributed by atoms with van der Waals surface area (Å²) in [6.45, 7) is 6.49. The van der Waals surface area contributed by atoms with Gasteiger partial charge < -0.3 is 5.32 Å². The fourth-order valence-electron chi connectivity index (χ4n) is 3.31. The molecule has 0 saturated heterocycles. The van der Waals surface area contributed by atoms with Gasteiger partial charge in [0.05, 0.1) is 12.2 Å². The number of anilines is 3. The Morgan fingerprint density at radius 3 is 2.54 bits per heavy atom. The Morgan fingerprint density at radius 2 is 1.75 bits per heavy atom. The van der Waals surface area contributed by atoms with Crippen LogP contribution in [0.25, 0.3) is 5.70 Å². The van der Waals surface area contributed by atoms with Crippen molar-refractivity contribution in [2.75, 3.05) is 10.2 Å². The van der Waals surface area contributed by atoms with E-state index in [4.69, 9.17) is 0 Å². The van der Waals surface area contributed by atoms with Crippen LogP contribution in [-0.4, -0.2) is 5.84 Å². The quantitative estimate of drug-likeness (QED) is 0.595. The summed E-state index contributed by atoms with van der Waals surface area (Å²) in [7, 11) is 0. The standard InChI is InChI=1S/C23H19F2N3/c1-15(20-7-5-8-21(24)23(20)25)27-18-10-12-19(13-11-18)28-16(2)26-14-17-6-3-4-9-22(17)28/h3-13,27H,1,14H2,2H3. The van der Waals surface area contributed by atoms with Crippen molar-refractivity contribution in [2.45, 2.75) is 13.5 Å². The summed E-state index contributed by atoms with van der Waals surface area (Å²) < 4.78 is 27.4. The first-order valence-electron chi connectivity index (χ1n) is 8.94. The van der Waals surface area contributed by atoms with Crippen LogP contribution < -0.4 is 10.2 Å². The Morgan fingerprint density at radius 1 is 1.00 bits per heavy atom. The Bertz CT molecular complexity index is 1070. The minimum atomic E-state index is -0.909. The summed E-state index contributed by atoms with van der Waals surface area (Å²) in [5.74, 6) is -0.881. The molecular weight excluding hydrogens is 356 g/mol. The van der Waals surface area contributed by atoms with Gasteiger partial charge in [-0.1, -0.05) is 30.8 Å². The Kier molecular flexibility index (Phi) is 4.65. The van der Waals surface area contributed by atoms with Gasteiger partial charge in [-0.25, -0.2) is 8.78 Å². The van der Waals surface area contributed by atoms with Crippen LogP contribution in [0.1, 0.15) is 18.1 Å². The maximum absolute atomic E-state index is 13.9. The zero-order valence-electron chi connectivity index (χ0n) is 15.4. The summed E-state index contributed by atoms with van der Waals surface area (Å²) in [4.78, 5) is 6.69. The molecule has 4 rings (SSSR count). The number of hydrogen-bond donors (Lipinski definition) is 1. The van der Waals surface area contributed by atoms with Gasteiger partial charge in [0.25, 0.3) is 0 Å². The second-order valence-corrected chi connectivity index (χ2v) is 6.58. The predicted molar refractivity (Wildman–Crippen MR) is 111 cm³/mol. The van der Waals surface area contributed by atoms with Gasteiger partial charge in [-0.3, -0.25) is 9.89 Å². The van der Waals surface area contributed by atoms with Gasteiger partial charge in [-0.2, -0.15) is 0 Å². The van der Waals surface area contributed by atoms with Gasteiger partial charge >= 0.3 is 0 Å². The minimum Gasteiger partial charge on any atom is -0.355 e. The molecule has 3 aromatic rings. The van der Waals surface area contributed by atoms with Gasteiger partial charge in [-0.15, -0.1) is 0 Å². The molecule has 0 radical (unpaired) electrons. The third-order valence-corrected chi connectivity index (χ3v) is 4.73. The highest BCUT2D eigenvalue weighted by Crippen LogP contribution is 2.33. The summed E-state index contributed by atoms with van der Waals surface area (Å²) in [5, 5.41) is 3.04. The molecule has 28 heavy (non-hydrogen) atoms. The Balaban J connectivity index is 1.58. The number of fused-ring (bicyclic) bond motifs is 1. The van der Waals surface area contributed by atoms with Crippen molar-refractivity contribution in [1.29, 1.82) is 0 Å². The van der Waals surface area contributed by atoms with Crippen LogP contribution in [0.2, 0.25) is 0 Å². The fraction of sp³-hybridized carbons (Fsp3) is 0.0870. The molecule has 0 bridgehead atoms. The molecule has 3 nitrogen and oxygen atoms in total. The Labute approximate surface area is 162 Å². The monoisotopic (exact) mass is 375 g/mol. The fourth-order valence-corrected chi connectivity index (χ4v) is 3.31. The lowest BCUT2D eigenvalue weighted by Gasteiger charge is -2.30. The van der Waals surface area contributed by atoms with Crippen molar-refractivity contribution in [2.24, 2.45) is 4.99 Å². The molecule has 1 aliphatic heterocycles. The summed E-state index contributed by atoms with van der Waals surface area (Å²) in [6, 6.07) is 19.9. The molecule has 0 atom stereocenters. The molecule has 0 saturated carbocycles. The van der Waals surface area contributed by atoms with Gasteiger partial charge in [-0.05, 0) is 55.0 Å². The molecule has 1 N–H and O–H groups in total. The predicted octanol–water partition coefficient (Wildman–Crippen LogP) is 6.12. The Hall–Kier alpha value is -3.47. The molecular formula is C23H19F2N3. The van der Waals surface area contributed by atoms with E-state index in [9.17, 15) is 8.78 Å². The number of nitrogens with zero attached hydrogens (tertiary/aromatic N) is 2. The summed E-state index contributed by atoms with van der Waals surface area (Å²) in [6.07, 6.45) is 0. The number of para-hydroxylation sites is 1. The summed E-state index contributed by atoms with van der Waals surface area (Å²) in [5.41, 5.74) is 4.40. The normalized spacial score (nSPS) is 13.0. The lowest BCUT2D eigenvalue weighted by molar-refractivity contribution is 0.506. The first kappa shape index (κ1) is 17.9. The SMILES string of the molecule is C=C(Nc1ccc(N2C(C)=NCc3ccccc32)cc1)c1cccc(F)c1F. The number of aliphatic imine (C=N–C) groups is 1. The topological polar surface area (TPSA) is 27.6 Å². The largest absolute Gasteiger partial charge is 0.355 e. The number of nitrogens with one attached hydrogen (secondary N) is 1. The van der Waals surface area contributed by atoms with Crippen molar-refractivity contribution >= 4 is 28.6 Å². The van der Waals surface area contributed by atoms with E-state index in [-0.39, 0.29) is 5.56 Å². The first-order chi connectivity index (χ1) is 13.5. The van der Waals surface area contributed by atoms with Crippen LogP contribution >= 0.6 is 0 Å². The second-order valence-electron chi connectivity index (χ2n) is 6.58. The van der Waals surface area contributed by atoms with Gasteiger partial charge in [0.15, 0.2) is 11.6 Å². The first-order valence-corrected chi connectivity index (χ1v) is 8.94. The number of amidine groups is 1. The molecule has 140 valence electrons. The van der Waals surface area contributed by atoms with E-state index in [2.05, 4.69) is 33.9 Å². The van der Waals surface area contributed by atoms with E-state index in [1.165, 1.54) is 17.7 Å². The van der Waals surface area contributed by atoms with E-state index in [0.29, 0.717) is 12.2 Å². The van der Waals surface area contributed by atoms with Gasteiger partial charge in [0.1, 0.15) is 5.84 Å². The molecule has 5 heteroatoms. The van der Waals surface area contributed by atoms with E-state index < -0.39 is 11.6 Å². The third kappa shape index (κ3) is 3.27. The molecule has 0 spiro atoms. The van der Waals surface area contributed by atoms with E-state index in [1.807, 2.05) is 43.3 Å². The molecule has 0 aliphatic carbocycles. The lowest BCUT2D eigenvalue weighted by Crippen LogP contribution is -2.27. The summed E-state index contributed by atoms with van der Waals surface area (Å²) >= 11 is 0. The zero-order valence-corrected chi connectivity index (χ0v) is 15.4. The van der Waals surface area contributed by atoms with Crippen LogP contribution in [0.5, 0.6) is 0 Å². The second kappa shape index (κ2) is 7.27. The lowest BCUT2D eigenvalue weighted by atomic mass is 10.1. The molecule has 1 aliphatic rings. The highest BCUT2D eigenvalue weighted by Gasteiger charge is 2.19. The highest BCUT2D eigenvalue weighted by atomic mass is 19.2. The molecule has 1 heterocycles. The molecule has 3 aromatic carbocycles. The van der Waals surface area contributed by atoms with E-state index in [1.54, 1.807) is 0 Å². The molecule has 0 fully saturated rings. The van der Waals surface area contributed by atoms with Crippen LogP contribution in [0.4, 0.5) is 25.8 Å². The smallest absolute Gasteiger partial charge is 0.168 e. The van der Waals surface area contributed by atoms with E-state index in [0.717, 1.165) is 29.0 Å². The van der Waals surface area contributed by atoms with Crippen LogP contribution in [0.3, 0.4) is 0 Å². The maximum Gasteiger partial charge on any atom is 0.168 e. The van der Waals surface area contributed by atoms with E-state index >= 15 is 0 Å². The van der Waals surface area contributed by atoms with Crippen molar-refractivity contribution in [3.8, 4) is 0 Å². The number of halogens is 2. The van der Waals surface area contributed by atoms with Crippen molar-refractivity contribution in [3.05, 3.63) is 96.1 Å². The number of hydrogen-bond acceptors (Lipinski definition) is 3. The highest BCUT2D eigenvalue weighted by molar-refractivity contribution is 6.04. The third-order valence-electron chi connectivity index (χ3n) is 4.73. The van der Waals surface area contributed by atoms with Gasteiger partial charge in [0.2, 0.25) is 0 Å². The molecule has 0 unspecified atom stereocenters. The van der Waals surface area contributed by atoms with Crippen LogP contribution in [0, 0.1) is 11.6 Å². The van der Waals surface area contributed by atoms with Gasteiger partial charge in [0, 0.05) is 22.6 Å². The average molecular weight is 375 g/mol. The van der Waals surface area contributed by atoms with Crippen molar-refractivity contribution < 1.29 is 8.78 Å². The number of rotatable bonds is 4. The van der Waals surface area contributed by atoms with Crippen molar-refractivity contribution in [3.63, 3.8) is 0 Å². The van der Waals surface area contributed by atoms with Crippen molar-refractivity contribution in [1.82, 2.24) is 0 Å². The van der Waals surface area contributed by atoms with Crippen LogP contribution in [0.15, 0.2) is 78.3 Å². The zero-order chi connectivity index (χ0) is 19.7. The molecule has 0 amide bonds. The minimum absolute atomic E-state index is 0.108. The molecule has 0 aromatic heterocycles. The maximum atomic E-state index is 13.9. The number of benzene rings is 3. The average Bonchev–Trinajstić information content (AvgIpc) is 2.71. The van der Waals surface area contributed by atoms with Crippen LogP contribution in [-0.2, 0) is 6.54 Å².